The van der Waals surface area contributed by atoms with Crippen molar-refractivity contribution in [2.24, 2.45) is 0 Å². The first-order valence-electron chi connectivity index (χ1n) is 5.39. The molecular weight excluding hydrogens is 214 g/mol. The van der Waals surface area contributed by atoms with Gasteiger partial charge in [-0.25, -0.2) is 9.97 Å². The fraction of sp³-hybridized carbons (Fsp3) is 0.154. The molecule has 86 valence electrons. The van der Waals surface area contributed by atoms with E-state index in [1.165, 1.54) is 6.33 Å². The molecule has 1 amide bonds. The van der Waals surface area contributed by atoms with Gasteiger partial charge in [0.2, 0.25) is 0 Å². The maximum absolute atomic E-state index is 11.8. The molecule has 17 heavy (non-hydrogen) atoms. The van der Waals surface area contributed by atoms with Crippen molar-refractivity contribution in [1.29, 1.82) is 0 Å². The van der Waals surface area contributed by atoms with Crippen LogP contribution in [0.4, 0.5) is 0 Å². The summed E-state index contributed by atoms with van der Waals surface area (Å²) in [5.41, 5.74) is 1.44. The molecule has 0 spiro atoms. The molecule has 0 bridgehead atoms. The van der Waals surface area contributed by atoms with Gasteiger partial charge in [-0.1, -0.05) is 30.3 Å². The molecule has 0 aliphatic rings. The minimum atomic E-state index is -0.191. The van der Waals surface area contributed by atoms with Crippen LogP contribution < -0.4 is 5.32 Å². The van der Waals surface area contributed by atoms with Crippen molar-refractivity contribution >= 4 is 5.91 Å². The highest BCUT2D eigenvalue weighted by molar-refractivity contribution is 5.92. The summed E-state index contributed by atoms with van der Waals surface area (Å²) < 4.78 is 0. The quantitative estimate of drug-likeness (QED) is 0.872. The molecular formula is C13H13N3O. The number of aromatic nitrogens is 2. The molecule has 1 aromatic carbocycles. The van der Waals surface area contributed by atoms with Gasteiger partial charge in [0.15, 0.2) is 0 Å². The van der Waals surface area contributed by atoms with Gasteiger partial charge in [-0.05, 0) is 18.6 Å². The van der Waals surface area contributed by atoms with Crippen molar-refractivity contribution in [2.45, 2.75) is 13.0 Å². The molecule has 1 atom stereocenters. The monoisotopic (exact) mass is 227 g/mol. The maximum Gasteiger partial charge on any atom is 0.270 e. The maximum atomic E-state index is 11.8. The van der Waals surface area contributed by atoms with Gasteiger partial charge in [-0.15, -0.1) is 0 Å². The first-order valence-corrected chi connectivity index (χ1v) is 5.39. The summed E-state index contributed by atoms with van der Waals surface area (Å²) in [5, 5.41) is 2.88. The Kier molecular flexibility index (Phi) is 3.45. The number of rotatable bonds is 3. The smallest absolute Gasteiger partial charge is 0.270 e. The summed E-state index contributed by atoms with van der Waals surface area (Å²) in [6.45, 7) is 1.94. The zero-order chi connectivity index (χ0) is 12.1. The molecule has 1 heterocycles. The van der Waals surface area contributed by atoms with Crippen LogP contribution in [0.2, 0.25) is 0 Å². The average Bonchev–Trinajstić information content (AvgIpc) is 2.40. The lowest BCUT2D eigenvalue weighted by Crippen LogP contribution is -2.27. The standard InChI is InChI=1S/C13H13N3O/c1-10(11-5-3-2-4-6-11)16-13(17)12-7-8-14-9-15-12/h2-10H,1H3,(H,16,17). The Balaban J connectivity index is 2.05. The summed E-state index contributed by atoms with van der Waals surface area (Å²) in [6.07, 6.45) is 2.91. The predicted octanol–water partition coefficient (Wildman–Crippen LogP) is 1.97. The molecule has 2 rings (SSSR count). The van der Waals surface area contributed by atoms with Crippen molar-refractivity contribution < 1.29 is 4.79 Å². The summed E-state index contributed by atoms with van der Waals surface area (Å²) >= 11 is 0. The van der Waals surface area contributed by atoms with Crippen molar-refractivity contribution in [2.75, 3.05) is 0 Å². The molecule has 0 fully saturated rings. The van der Waals surface area contributed by atoms with Gasteiger partial charge < -0.3 is 5.32 Å². The Bertz CT molecular complexity index is 485. The lowest BCUT2D eigenvalue weighted by atomic mass is 10.1. The molecule has 4 heteroatoms. The van der Waals surface area contributed by atoms with E-state index in [0.717, 1.165) is 5.56 Å². The van der Waals surface area contributed by atoms with Crippen LogP contribution >= 0.6 is 0 Å². The van der Waals surface area contributed by atoms with E-state index in [1.54, 1.807) is 12.3 Å². The first-order chi connectivity index (χ1) is 8.27. The van der Waals surface area contributed by atoms with E-state index in [-0.39, 0.29) is 11.9 Å². The Morgan fingerprint density at radius 3 is 2.65 bits per heavy atom. The van der Waals surface area contributed by atoms with Crippen molar-refractivity contribution in [3.63, 3.8) is 0 Å². The topological polar surface area (TPSA) is 54.9 Å². The zero-order valence-electron chi connectivity index (χ0n) is 9.50. The van der Waals surface area contributed by atoms with E-state index in [2.05, 4.69) is 15.3 Å². The normalized spacial score (nSPS) is 11.8. The molecule has 4 nitrogen and oxygen atoms in total. The van der Waals surface area contributed by atoms with E-state index >= 15 is 0 Å². The largest absolute Gasteiger partial charge is 0.344 e. The molecule has 0 aliphatic heterocycles. The third-order valence-electron chi connectivity index (χ3n) is 2.46. The van der Waals surface area contributed by atoms with Crippen LogP contribution in [0.5, 0.6) is 0 Å². The molecule has 0 aliphatic carbocycles. The van der Waals surface area contributed by atoms with Crippen LogP contribution in [-0.4, -0.2) is 15.9 Å². The van der Waals surface area contributed by atoms with Crippen molar-refractivity contribution in [3.8, 4) is 0 Å². The zero-order valence-corrected chi connectivity index (χ0v) is 9.50. The molecule has 0 saturated carbocycles. The number of hydrogen-bond acceptors (Lipinski definition) is 3. The third-order valence-corrected chi connectivity index (χ3v) is 2.46. The molecule has 1 aromatic heterocycles. The number of nitrogens with zero attached hydrogens (tertiary/aromatic N) is 2. The van der Waals surface area contributed by atoms with E-state index in [0.29, 0.717) is 5.69 Å². The number of nitrogens with one attached hydrogen (secondary N) is 1. The van der Waals surface area contributed by atoms with E-state index < -0.39 is 0 Å². The van der Waals surface area contributed by atoms with E-state index in [1.807, 2.05) is 37.3 Å². The Hall–Kier alpha value is -2.23. The fourth-order valence-corrected chi connectivity index (χ4v) is 1.52. The summed E-state index contributed by atoms with van der Waals surface area (Å²) in [5.74, 6) is -0.191. The summed E-state index contributed by atoms with van der Waals surface area (Å²) in [6, 6.07) is 11.3. The molecule has 2 aromatic rings. The first kappa shape index (κ1) is 11.3. The highest BCUT2D eigenvalue weighted by Crippen LogP contribution is 2.11. The fourth-order valence-electron chi connectivity index (χ4n) is 1.52. The lowest BCUT2D eigenvalue weighted by molar-refractivity contribution is 0.0934. The second-order valence-corrected chi connectivity index (χ2v) is 3.70. The highest BCUT2D eigenvalue weighted by Gasteiger charge is 2.11. The van der Waals surface area contributed by atoms with Crippen LogP contribution in [0.25, 0.3) is 0 Å². The number of hydrogen-bond donors (Lipinski definition) is 1. The summed E-state index contributed by atoms with van der Waals surface area (Å²) in [7, 11) is 0. The van der Waals surface area contributed by atoms with Crippen molar-refractivity contribution in [3.05, 3.63) is 60.2 Å². The van der Waals surface area contributed by atoms with Crippen LogP contribution in [0.1, 0.15) is 29.0 Å². The average molecular weight is 227 g/mol. The van der Waals surface area contributed by atoms with Gasteiger partial charge in [-0.2, -0.15) is 0 Å². The van der Waals surface area contributed by atoms with Gasteiger partial charge in [-0.3, -0.25) is 4.79 Å². The van der Waals surface area contributed by atoms with Gasteiger partial charge >= 0.3 is 0 Å². The Labute approximate surface area is 99.7 Å². The number of amides is 1. The van der Waals surface area contributed by atoms with Crippen LogP contribution in [-0.2, 0) is 0 Å². The van der Waals surface area contributed by atoms with Crippen molar-refractivity contribution in [1.82, 2.24) is 15.3 Å². The van der Waals surface area contributed by atoms with Crippen LogP contribution in [0, 0.1) is 0 Å². The number of carbonyl (C=O) groups is 1. The van der Waals surface area contributed by atoms with Gasteiger partial charge in [0.05, 0.1) is 6.04 Å². The number of carbonyl (C=O) groups excluding carboxylic acids is 1. The Morgan fingerprint density at radius 2 is 2.00 bits per heavy atom. The minimum Gasteiger partial charge on any atom is -0.344 e. The van der Waals surface area contributed by atoms with Crippen LogP contribution in [0.3, 0.4) is 0 Å². The molecule has 0 radical (unpaired) electrons. The van der Waals surface area contributed by atoms with E-state index in [9.17, 15) is 4.79 Å². The second kappa shape index (κ2) is 5.21. The lowest BCUT2D eigenvalue weighted by Gasteiger charge is -2.13. The predicted molar refractivity (Wildman–Crippen MR) is 64.4 cm³/mol. The molecule has 0 saturated heterocycles. The van der Waals surface area contributed by atoms with Gasteiger partial charge in [0.1, 0.15) is 12.0 Å². The van der Waals surface area contributed by atoms with E-state index in [4.69, 9.17) is 0 Å². The SMILES string of the molecule is CC(NC(=O)c1ccncn1)c1ccccc1. The highest BCUT2D eigenvalue weighted by atomic mass is 16.1. The molecule has 1 N–H and O–H groups in total. The summed E-state index contributed by atoms with van der Waals surface area (Å²) in [4.78, 5) is 19.5. The second-order valence-electron chi connectivity index (χ2n) is 3.70. The van der Waals surface area contributed by atoms with Gasteiger partial charge in [0.25, 0.3) is 5.91 Å². The van der Waals surface area contributed by atoms with Crippen LogP contribution in [0.15, 0.2) is 48.9 Å². The Morgan fingerprint density at radius 1 is 1.24 bits per heavy atom. The third kappa shape index (κ3) is 2.87. The number of benzene rings is 1. The van der Waals surface area contributed by atoms with Gasteiger partial charge in [0, 0.05) is 6.20 Å². The molecule has 1 unspecified atom stereocenters. The minimum absolute atomic E-state index is 0.0429.